The molecule has 0 aliphatic heterocycles. The van der Waals surface area contributed by atoms with Gasteiger partial charge in [0.2, 0.25) is 0 Å². The van der Waals surface area contributed by atoms with E-state index in [1.165, 1.54) is 0 Å². The third kappa shape index (κ3) is 2.06. The lowest BCUT2D eigenvalue weighted by molar-refractivity contribution is 0.413. The molecule has 0 atom stereocenters. The van der Waals surface area contributed by atoms with Gasteiger partial charge in [-0.25, -0.2) is 0 Å². The van der Waals surface area contributed by atoms with Gasteiger partial charge in [-0.15, -0.1) is 10.2 Å². The van der Waals surface area contributed by atoms with Crippen LogP contribution in [0.25, 0.3) is 17.2 Å². The summed E-state index contributed by atoms with van der Waals surface area (Å²) < 4.78 is 14.7. The highest BCUT2D eigenvalue weighted by atomic mass is 16.5. The van der Waals surface area contributed by atoms with Crippen LogP contribution in [-0.2, 0) is 0 Å². The fourth-order valence-corrected chi connectivity index (χ4v) is 1.87. The van der Waals surface area contributed by atoms with Gasteiger partial charge in [-0.1, -0.05) is 18.2 Å². The van der Waals surface area contributed by atoms with Gasteiger partial charge in [0.1, 0.15) is 17.8 Å². The van der Waals surface area contributed by atoms with Gasteiger partial charge in [0.15, 0.2) is 5.82 Å². The van der Waals surface area contributed by atoms with Crippen molar-refractivity contribution in [2.24, 2.45) is 0 Å². The number of aromatic nitrogens is 4. The van der Waals surface area contributed by atoms with E-state index < -0.39 is 0 Å². The first-order valence-corrected chi connectivity index (χ1v) is 5.77. The molecule has 19 heavy (non-hydrogen) atoms. The van der Waals surface area contributed by atoms with E-state index in [-0.39, 0.29) is 6.17 Å². The van der Waals surface area contributed by atoms with Crippen LogP contribution in [0.1, 0.15) is 1.37 Å². The standard InChI is InChI=1S/C14H12N4O/c1-19-13-8-3-2-7-12(13)18-10-16-17-14(18)11-6-4-5-9-15-11/h2-10H,1H3/i9D. The molecule has 5 heteroatoms. The molecule has 0 aliphatic rings. The number of hydrogen-bond donors (Lipinski definition) is 0. The second-order valence-corrected chi connectivity index (χ2v) is 3.85. The molecule has 0 fully saturated rings. The first-order valence-electron chi connectivity index (χ1n) is 6.27. The molecule has 0 amide bonds. The van der Waals surface area contributed by atoms with Crippen molar-refractivity contribution in [2.45, 2.75) is 0 Å². The van der Waals surface area contributed by atoms with Crippen molar-refractivity contribution >= 4 is 0 Å². The molecule has 0 spiro atoms. The molecule has 2 aromatic heterocycles. The quantitative estimate of drug-likeness (QED) is 0.719. The Kier molecular flexibility index (Phi) is 2.64. The van der Waals surface area contributed by atoms with Crippen molar-refractivity contribution in [1.29, 1.82) is 0 Å². The molecular weight excluding hydrogens is 240 g/mol. The Bertz CT molecular complexity index is 741. The number of pyridine rings is 1. The third-order valence-electron chi connectivity index (χ3n) is 2.73. The predicted octanol–water partition coefficient (Wildman–Crippen LogP) is 2.34. The number of benzene rings is 1. The number of nitrogens with zero attached hydrogens (tertiary/aromatic N) is 4. The summed E-state index contributed by atoms with van der Waals surface area (Å²) in [6.07, 6.45) is 1.79. The molecule has 0 bridgehead atoms. The summed E-state index contributed by atoms with van der Waals surface area (Å²) in [6, 6.07) is 12.8. The maximum Gasteiger partial charge on any atom is 0.187 e. The Morgan fingerprint density at radius 3 is 2.84 bits per heavy atom. The lowest BCUT2D eigenvalue weighted by Gasteiger charge is -2.10. The normalized spacial score (nSPS) is 11.1. The van der Waals surface area contributed by atoms with E-state index in [2.05, 4.69) is 15.2 Å². The van der Waals surface area contributed by atoms with Crippen LogP contribution >= 0.6 is 0 Å². The second-order valence-electron chi connectivity index (χ2n) is 3.85. The first kappa shape index (κ1) is 10.3. The van der Waals surface area contributed by atoms with Gasteiger partial charge in [-0.05, 0) is 24.3 Å². The lowest BCUT2D eigenvalue weighted by Crippen LogP contribution is -2.00. The minimum absolute atomic E-state index is 0.192. The van der Waals surface area contributed by atoms with Gasteiger partial charge in [0.25, 0.3) is 0 Å². The Morgan fingerprint density at radius 2 is 2.00 bits per heavy atom. The maximum absolute atomic E-state index is 7.60. The Hall–Kier alpha value is -2.69. The van der Waals surface area contributed by atoms with Crippen LogP contribution in [0.5, 0.6) is 5.75 Å². The van der Waals surface area contributed by atoms with Crippen molar-refractivity contribution in [3.05, 3.63) is 55.0 Å². The van der Waals surface area contributed by atoms with Crippen molar-refractivity contribution in [3.8, 4) is 23.0 Å². The average Bonchev–Trinajstić information content (AvgIpc) is 2.96. The topological polar surface area (TPSA) is 52.8 Å². The van der Waals surface area contributed by atoms with Crippen LogP contribution in [-0.4, -0.2) is 26.9 Å². The summed E-state index contributed by atoms with van der Waals surface area (Å²) in [7, 11) is 1.62. The maximum atomic E-state index is 7.60. The van der Waals surface area contributed by atoms with Crippen LogP contribution in [0.15, 0.2) is 55.0 Å². The second kappa shape index (κ2) is 4.89. The summed E-state index contributed by atoms with van der Waals surface area (Å²) >= 11 is 0. The van der Waals surface area contributed by atoms with Crippen molar-refractivity contribution in [3.63, 3.8) is 0 Å². The molecule has 3 aromatic rings. The smallest absolute Gasteiger partial charge is 0.187 e. The fraction of sp³-hybridized carbons (Fsp3) is 0.0714. The molecule has 5 nitrogen and oxygen atoms in total. The highest BCUT2D eigenvalue weighted by Crippen LogP contribution is 2.25. The predicted molar refractivity (Wildman–Crippen MR) is 71.1 cm³/mol. The molecule has 0 saturated heterocycles. The largest absolute Gasteiger partial charge is 0.495 e. The van der Waals surface area contributed by atoms with Gasteiger partial charge < -0.3 is 4.74 Å². The third-order valence-corrected chi connectivity index (χ3v) is 2.73. The average molecular weight is 253 g/mol. The Labute approximate surface area is 111 Å². The van der Waals surface area contributed by atoms with E-state index >= 15 is 0 Å². The minimum Gasteiger partial charge on any atom is -0.495 e. The molecule has 3 rings (SSSR count). The van der Waals surface area contributed by atoms with E-state index in [9.17, 15) is 0 Å². The zero-order chi connectivity index (χ0) is 13.9. The zero-order valence-corrected chi connectivity index (χ0v) is 10.3. The molecular formula is C14H12N4O. The number of hydrogen-bond acceptors (Lipinski definition) is 4. The molecule has 0 radical (unpaired) electrons. The fourth-order valence-electron chi connectivity index (χ4n) is 1.87. The van der Waals surface area contributed by atoms with Crippen molar-refractivity contribution in [1.82, 2.24) is 19.7 Å². The van der Waals surface area contributed by atoms with Crippen molar-refractivity contribution < 1.29 is 6.11 Å². The van der Waals surface area contributed by atoms with E-state index in [4.69, 9.17) is 6.11 Å². The van der Waals surface area contributed by atoms with Gasteiger partial charge in [-0.2, -0.15) is 0 Å². The molecule has 2 heterocycles. The highest BCUT2D eigenvalue weighted by Gasteiger charge is 2.12. The number of rotatable bonds is 3. The minimum atomic E-state index is 0.192. The summed E-state index contributed by atoms with van der Waals surface area (Å²) in [5.74, 6) is 1.29. The molecule has 0 unspecified atom stereocenters. The molecule has 0 saturated carbocycles. The van der Waals surface area contributed by atoms with Gasteiger partial charge in [0, 0.05) is 6.17 Å². The molecule has 94 valence electrons. The number of ether oxygens (including phenoxy) is 1. The molecule has 1 aromatic carbocycles. The lowest BCUT2D eigenvalue weighted by atomic mass is 10.2. The van der Waals surface area contributed by atoms with Crippen LogP contribution in [0.3, 0.4) is 0 Å². The summed E-state index contributed by atoms with van der Waals surface area (Å²) in [4.78, 5) is 4.16. The number of para-hydroxylation sites is 2. The summed E-state index contributed by atoms with van der Waals surface area (Å²) in [5.41, 5.74) is 1.42. The highest BCUT2D eigenvalue weighted by molar-refractivity contribution is 5.56. The van der Waals surface area contributed by atoms with E-state index in [0.29, 0.717) is 11.5 Å². The van der Waals surface area contributed by atoms with E-state index in [0.717, 1.165) is 11.4 Å². The first-order chi connectivity index (χ1) is 9.79. The van der Waals surface area contributed by atoms with Gasteiger partial charge >= 0.3 is 0 Å². The zero-order valence-electron chi connectivity index (χ0n) is 11.3. The van der Waals surface area contributed by atoms with E-state index in [1.807, 2.05) is 24.3 Å². The van der Waals surface area contributed by atoms with Gasteiger partial charge in [-0.3, -0.25) is 9.55 Å². The molecule has 0 aliphatic carbocycles. The van der Waals surface area contributed by atoms with Crippen LogP contribution in [0, 0.1) is 0 Å². The Balaban J connectivity index is 2.15. The van der Waals surface area contributed by atoms with Gasteiger partial charge in [0.05, 0.1) is 14.2 Å². The number of methoxy groups -OCH3 is 1. The summed E-state index contributed by atoms with van der Waals surface area (Å²) in [5, 5.41) is 8.03. The molecule has 0 N–H and O–H groups in total. The summed E-state index contributed by atoms with van der Waals surface area (Å²) in [6.45, 7) is 0. The van der Waals surface area contributed by atoms with Crippen LogP contribution in [0.4, 0.5) is 0 Å². The Morgan fingerprint density at radius 1 is 1.16 bits per heavy atom. The monoisotopic (exact) mass is 253 g/mol. The van der Waals surface area contributed by atoms with Crippen LogP contribution in [0.2, 0.25) is 0 Å². The van der Waals surface area contributed by atoms with E-state index in [1.54, 1.807) is 36.2 Å². The van der Waals surface area contributed by atoms with Crippen molar-refractivity contribution in [2.75, 3.05) is 7.11 Å². The SMILES string of the molecule is [2H]c1cccc(-c2nncn2-c2ccccc2OC)n1. The van der Waals surface area contributed by atoms with Crippen LogP contribution < -0.4 is 4.74 Å².